The number of rotatable bonds is 5. The van der Waals surface area contributed by atoms with E-state index in [1.807, 2.05) is 11.3 Å². The predicted molar refractivity (Wildman–Crippen MR) is 82.8 cm³/mol. The van der Waals surface area contributed by atoms with Crippen LogP contribution in [-0.2, 0) is 13.0 Å². The molecule has 0 unspecified atom stereocenters. The van der Waals surface area contributed by atoms with Gasteiger partial charge in [0.25, 0.3) is 0 Å². The summed E-state index contributed by atoms with van der Waals surface area (Å²) in [4.78, 5) is 4.76. The van der Waals surface area contributed by atoms with Crippen LogP contribution in [0.25, 0.3) is 10.9 Å². The summed E-state index contributed by atoms with van der Waals surface area (Å²) in [6.45, 7) is 4.16. The van der Waals surface area contributed by atoms with Crippen LogP contribution < -0.4 is 5.32 Å². The smallest absolute Gasteiger partial charge is 0.0459 e. The molecular weight excluding hydrogens is 252 g/mol. The molecule has 2 N–H and O–H groups in total. The number of hydrogen-bond donors (Lipinski definition) is 2. The third-order valence-corrected chi connectivity index (χ3v) is 4.32. The highest BCUT2D eigenvalue weighted by atomic mass is 32.1. The van der Waals surface area contributed by atoms with Crippen LogP contribution in [0.15, 0.2) is 41.9 Å². The summed E-state index contributed by atoms with van der Waals surface area (Å²) in [5.41, 5.74) is 4.01. The van der Waals surface area contributed by atoms with Crippen molar-refractivity contribution in [1.29, 1.82) is 0 Å². The zero-order valence-corrected chi connectivity index (χ0v) is 11.9. The van der Waals surface area contributed by atoms with E-state index in [1.165, 1.54) is 26.9 Å². The minimum atomic E-state index is 0.971. The van der Waals surface area contributed by atoms with E-state index in [4.69, 9.17) is 0 Å². The Morgan fingerprint density at radius 2 is 2.16 bits per heavy atom. The van der Waals surface area contributed by atoms with Gasteiger partial charge in [0.2, 0.25) is 0 Å². The fraction of sp³-hybridized carbons (Fsp3) is 0.250. The van der Waals surface area contributed by atoms with Gasteiger partial charge in [-0.25, -0.2) is 0 Å². The molecule has 98 valence electrons. The summed E-state index contributed by atoms with van der Waals surface area (Å²) in [6, 6.07) is 10.7. The highest BCUT2D eigenvalue weighted by molar-refractivity contribution is 7.09. The lowest BCUT2D eigenvalue weighted by Crippen LogP contribution is -2.15. The first-order valence-corrected chi connectivity index (χ1v) is 7.51. The monoisotopic (exact) mass is 270 g/mol. The normalized spacial score (nSPS) is 11.2. The standard InChI is InChI=1S/C16H18N2S/c1-12-4-2-6-15-16(12)13(10-18-15)7-8-17-11-14-5-3-9-19-14/h2-6,9-10,17-18H,7-8,11H2,1H3. The van der Waals surface area contributed by atoms with Crippen molar-refractivity contribution in [2.75, 3.05) is 6.54 Å². The van der Waals surface area contributed by atoms with Crippen LogP contribution in [0.3, 0.4) is 0 Å². The molecule has 3 heteroatoms. The quantitative estimate of drug-likeness (QED) is 0.677. The van der Waals surface area contributed by atoms with Crippen LogP contribution in [0.2, 0.25) is 0 Å². The number of thiophene rings is 1. The Kier molecular flexibility index (Phi) is 3.67. The molecule has 0 bridgehead atoms. The van der Waals surface area contributed by atoms with E-state index in [9.17, 15) is 0 Å². The van der Waals surface area contributed by atoms with Gasteiger partial charge < -0.3 is 10.3 Å². The fourth-order valence-corrected chi connectivity index (χ4v) is 3.17. The maximum atomic E-state index is 3.51. The predicted octanol–water partition coefficient (Wildman–Crippen LogP) is 3.87. The molecule has 0 spiro atoms. The Balaban J connectivity index is 1.62. The lowest BCUT2D eigenvalue weighted by Gasteiger charge is -2.04. The first-order valence-electron chi connectivity index (χ1n) is 6.63. The van der Waals surface area contributed by atoms with E-state index in [1.54, 1.807) is 0 Å². The number of fused-ring (bicyclic) bond motifs is 1. The van der Waals surface area contributed by atoms with Crippen LogP contribution in [0.1, 0.15) is 16.0 Å². The van der Waals surface area contributed by atoms with Crippen LogP contribution in [0.5, 0.6) is 0 Å². The second-order valence-electron chi connectivity index (χ2n) is 4.82. The Morgan fingerprint density at radius 1 is 1.21 bits per heavy atom. The minimum Gasteiger partial charge on any atom is -0.361 e. The second kappa shape index (κ2) is 5.59. The lowest BCUT2D eigenvalue weighted by atomic mass is 10.1. The molecule has 3 aromatic rings. The van der Waals surface area contributed by atoms with Gasteiger partial charge in [0.15, 0.2) is 0 Å². The van der Waals surface area contributed by atoms with E-state index in [-0.39, 0.29) is 0 Å². The molecular formula is C16H18N2S. The lowest BCUT2D eigenvalue weighted by molar-refractivity contribution is 0.695. The molecule has 0 aliphatic rings. The number of nitrogens with one attached hydrogen (secondary N) is 2. The molecule has 0 radical (unpaired) electrons. The molecule has 0 saturated carbocycles. The first kappa shape index (κ1) is 12.5. The molecule has 2 heterocycles. The van der Waals surface area contributed by atoms with E-state index in [2.05, 4.69) is 59.1 Å². The van der Waals surface area contributed by atoms with Crippen LogP contribution in [0, 0.1) is 6.92 Å². The Labute approximate surface area is 117 Å². The van der Waals surface area contributed by atoms with Gasteiger partial charge >= 0.3 is 0 Å². The highest BCUT2D eigenvalue weighted by Crippen LogP contribution is 2.22. The maximum Gasteiger partial charge on any atom is 0.0459 e. The Hall–Kier alpha value is -1.58. The van der Waals surface area contributed by atoms with Crippen LogP contribution >= 0.6 is 11.3 Å². The van der Waals surface area contributed by atoms with Gasteiger partial charge in [-0.15, -0.1) is 11.3 Å². The van der Waals surface area contributed by atoms with Crippen molar-refractivity contribution in [3.05, 3.63) is 57.9 Å². The molecule has 0 atom stereocenters. The van der Waals surface area contributed by atoms with Crippen LogP contribution in [-0.4, -0.2) is 11.5 Å². The number of aromatic amines is 1. The molecule has 3 rings (SSSR count). The number of hydrogen-bond acceptors (Lipinski definition) is 2. The largest absolute Gasteiger partial charge is 0.361 e. The molecule has 0 aliphatic heterocycles. The van der Waals surface area contributed by atoms with Crippen molar-refractivity contribution in [3.8, 4) is 0 Å². The minimum absolute atomic E-state index is 0.971. The Morgan fingerprint density at radius 3 is 3.00 bits per heavy atom. The van der Waals surface area contributed by atoms with Crippen molar-refractivity contribution >= 4 is 22.2 Å². The maximum absolute atomic E-state index is 3.51. The molecule has 0 aliphatic carbocycles. The Bertz CT molecular complexity index is 653. The van der Waals surface area contributed by atoms with Gasteiger partial charge in [-0.3, -0.25) is 0 Å². The number of benzene rings is 1. The third-order valence-electron chi connectivity index (χ3n) is 3.45. The van der Waals surface area contributed by atoms with Crippen molar-refractivity contribution in [1.82, 2.24) is 10.3 Å². The van der Waals surface area contributed by atoms with Crippen molar-refractivity contribution in [2.24, 2.45) is 0 Å². The summed E-state index contributed by atoms with van der Waals surface area (Å²) in [5, 5.41) is 7.02. The summed E-state index contributed by atoms with van der Waals surface area (Å²) in [7, 11) is 0. The van der Waals surface area contributed by atoms with Gasteiger partial charge in [-0.05, 0) is 48.5 Å². The van der Waals surface area contributed by atoms with E-state index < -0.39 is 0 Å². The summed E-state index contributed by atoms with van der Waals surface area (Å²) >= 11 is 1.81. The van der Waals surface area contributed by atoms with Crippen LogP contribution in [0.4, 0.5) is 0 Å². The van der Waals surface area contributed by atoms with E-state index in [0.29, 0.717) is 0 Å². The molecule has 19 heavy (non-hydrogen) atoms. The van der Waals surface area contributed by atoms with Crippen molar-refractivity contribution in [2.45, 2.75) is 19.9 Å². The summed E-state index contributed by atoms with van der Waals surface area (Å²) in [5.74, 6) is 0. The topological polar surface area (TPSA) is 27.8 Å². The summed E-state index contributed by atoms with van der Waals surface area (Å²) in [6.07, 6.45) is 3.21. The number of aryl methyl sites for hydroxylation is 1. The third kappa shape index (κ3) is 2.72. The zero-order chi connectivity index (χ0) is 13.1. The van der Waals surface area contributed by atoms with Crippen molar-refractivity contribution in [3.63, 3.8) is 0 Å². The van der Waals surface area contributed by atoms with Crippen molar-refractivity contribution < 1.29 is 0 Å². The van der Waals surface area contributed by atoms with Gasteiger partial charge in [0, 0.05) is 28.5 Å². The molecule has 0 saturated heterocycles. The highest BCUT2D eigenvalue weighted by Gasteiger charge is 2.05. The second-order valence-corrected chi connectivity index (χ2v) is 5.85. The zero-order valence-electron chi connectivity index (χ0n) is 11.1. The molecule has 2 aromatic heterocycles. The molecule has 0 fully saturated rings. The first-order chi connectivity index (χ1) is 9.34. The number of H-pyrrole nitrogens is 1. The van der Waals surface area contributed by atoms with Gasteiger partial charge in [-0.2, -0.15) is 0 Å². The van der Waals surface area contributed by atoms with Gasteiger partial charge in [0.05, 0.1) is 0 Å². The summed E-state index contributed by atoms with van der Waals surface area (Å²) < 4.78 is 0. The van der Waals surface area contributed by atoms with E-state index in [0.717, 1.165) is 19.5 Å². The average molecular weight is 270 g/mol. The molecule has 1 aromatic carbocycles. The van der Waals surface area contributed by atoms with Gasteiger partial charge in [0.1, 0.15) is 0 Å². The molecule has 2 nitrogen and oxygen atoms in total. The number of aromatic nitrogens is 1. The van der Waals surface area contributed by atoms with Gasteiger partial charge in [-0.1, -0.05) is 18.2 Å². The average Bonchev–Trinajstić information content (AvgIpc) is 3.05. The fourth-order valence-electron chi connectivity index (χ4n) is 2.50. The molecule has 0 amide bonds. The van der Waals surface area contributed by atoms with E-state index >= 15 is 0 Å². The SMILES string of the molecule is Cc1cccc2[nH]cc(CCNCc3cccs3)c12.